The van der Waals surface area contributed by atoms with Crippen LogP contribution in [0.1, 0.15) is 46.6 Å². The lowest BCUT2D eigenvalue weighted by Gasteiger charge is -2.45. The highest BCUT2D eigenvalue weighted by Gasteiger charge is 2.52. The van der Waals surface area contributed by atoms with Crippen LogP contribution in [0.3, 0.4) is 0 Å². The number of ether oxygens (including phenoxy) is 5. The van der Waals surface area contributed by atoms with Gasteiger partial charge in [-0.1, -0.05) is 30.3 Å². The van der Waals surface area contributed by atoms with Gasteiger partial charge >= 0.3 is 23.9 Å². The number of hydrogen-bond donors (Lipinski definition) is 1. The lowest BCUT2D eigenvalue weighted by Crippen LogP contribution is -2.65. The fourth-order valence-corrected chi connectivity index (χ4v) is 3.84. The number of hydrogen-bond acceptors (Lipinski definition) is 10. The molecule has 1 aliphatic carbocycles. The normalized spacial score (nSPS) is 24.4. The van der Waals surface area contributed by atoms with E-state index < -0.39 is 66.3 Å². The van der Waals surface area contributed by atoms with Crippen LogP contribution in [-0.2, 0) is 54.3 Å². The SMILES string of the molecule is CC(=O)N[C@@H]1[C@@H](O[C@H](C)C(=O)OCc2ccccc2)[C@H](OC(C)=O)[C@@H](OC(C)=O)C[C@@H]1OC(C)=O. The number of rotatable bonds is 9. The molecule has 0 spiro atoms. The molecule has 1 aromatic rings. The molecule has 6 atom stereocenters. The molecule has 0 saturated heterocycles. The Bertz CT molecular complexity index is 876. The van der Waals surface area contributed by atoms with Crippen LogP contribution in [-0.4, -0.2) is 66.3 Å². The average molecular weight is 494 g/mol. The minimum atomic E-state index is -1.22. The first-order valence-electron chi connectivity index (χ1n) is 11.1. The van der Waals surface area contributed by atoms with Crippen molar-refractivity contribution >= 4 is 29.8 Å². The number of carbonyl (C=O) groups is 5. The fourth-order valence-electron chi connectivity index (χ4n) is 3.84. The van der Waals surface area contributed by atoms with Crippen molar-refractivity contribution in [3.05, 3.63) is 35.9 Å². The summed E-state index contributed by atoms with van der Waals surface area (Å²) in [5.74, 6) is -3.21. The molecule has 0 heterocycles. The highest BCUT2D eigenvalue weighted by Crippen LogP contribution is 2.31. The van der Waals surface area contributed by atoms with E-state index in [1.807, 2.05) is 6.07 Å². The third kappa shape index (κ3) is 8.67. The van der Waals surface area contributed by atoms with Crippen LogP contribution >= 0.6 is 0 Å². The Kier molecular flexibility index (Phi) is 10.2. The van der Waals surface area contributed by atoms with Gasteiger partial charge in [0.1, 0.15) is 24.9 Å². The van der Waals surface area contributed by atoms with E-state index in [2.05, 4.69) is 5.32 Å². The summed E-state index contributed by atoms with van der Waals surface area (Å²) in [5, 5.41) is 2.64. The molecule has 0 bridgehead atoms. The van der Waals surface area contributed by atoms with Gasteiger partial charge in [0.2, 0.25) is 5.91 Å². The number of benzene rings is 1. The molecule has 0 radical (unpaired) electrons. The Morgan fingerprint density at radius 3 is 1.97 bits per heavy atom. The van der Waals surface area contributed by atoms with Gasteiger partial charge in [-0.25, -0.2) is 4.79 Å². The van der Waals surface area contributed by atoms with Gasteiger partial charge in [-0.3, -0.25) is 19.2 Å². The fraction of sp³-hybridized carbons (Fsp3) is 0.542. The van der Waals surface area contributed by atoms with Crippen molar-refractivity contribution in [1.29, 1.82) is 0 Å². The Labute approximate surface area is 203 Å². The summed E-state index contributed by atoms with van der Waals surface area (Å²) in [4.78, 5) is 60.0. The monoisotopic (exact) mass is 493 g/mol. The second-order valence-electron chi connectivity index (χ2n) is 8.17. The number of esters is 4. The number of amides is 1. The molecule has 1 saturated carbocycles. The molecule has 1 aliphatic rings. The van der Waals surface area contributed by atoms with Crippen LogP contribution in [0.25, 0.3) is 0 Å². The molecule has 11 nitrogen and oxygen atoms in total. The molecule has 1 amide bonds. The summed E-state index contributed by atoms with van der Waals surface area (Å²) in [5.41, 5.74) is 0.768. The minimum absolute atomic E-state index is 0.00663. The van der Waals surface area contributed by atoms with Crippen molar-refractivity contribution in [2.24, 2.45) is 0 Å². The molecule has 1 N–H and O–H groups in total. The predicted molar refractivity (Wildman–Crippen MR) is 119 cm³/mol. The Morgan fingerprint density at radius 1 is 0.857 bits per heavy atom. The van der Waals surface area contributed by atoms with E-state index in [-0.39, 0.29) is 13.0 Å². The molecule has 0 aromatic heterocycles. The Balaban J connectivity index is 2.33. The van der Waals surface area contributed by atoms with Crippen LogP contribution in [0.2, 0.25) is 0 Å². The van der Waals surface area contributed by atoms with Crippen LogP contribution < -0.4 is 5.32 Å². The second-order valence-corrected chi connectivity index (χ2v) is 8.17. The van der Waals surface area contributed by atoms with Crippen LogP contribution in [0.15, 0.2) is 30.3 Å². The smallest absolute Gasteiger partial charge is 0.335 e. The topological polar surface area (TPSA) is 144 Å². The lowest BCUT2D eigenvalue weighted by molar-refractivity contribution is -0.214. The molecule has 35 heavy (non-hydrogen) atoms. The summed E-state index contributed by atoms with van der Waals surface area (Å²) < 4.78 is 27.4. The average Bonchev–Trinajstić information content (AvgIpc) is 2.76. The Morgan fingerprint density at radius 2 is 1.43 bits per heavy atom. The maximum absolute atomic E-state index is 12.7. The van der Waals surface area contributed by atoms with E-state index in [4.69, 9.17) is 23.7 Å². The summed E-state index contributed by atoms with van der Waals surface area (Å²) in [6.07, 6.45) is -5.73. The first-order chi connectivity index (χ1) is 16.5. The summed E-state index contributed by atoms with van der Waals surface area (Å²) in [6.45, 7) is 6.20. The van der Waals surface area contributed by atoms with E-state index in [1.54, 1.807) is 24.3 Å². The molecule has 2 rings (SSSR count). The lowest BCUT2D eigenvalue weighted by atomic mass is 9.84. The molecule has 0 aliphatic heterocycles. The van der Waals surface area contributed by atoms with Crippen molar-refractivity contribution < 1.29 is 47.7 Å². The predicted octanol–water partition coefficient (Wildman–Crippen LogP) is 1.21. The first-order valence-corrected chi connectivity index (χ1v) is 11.1. The molecule has 1 fully saturated rings. The van der Waals surface area contributed by atoms with Gasteiger partial charge in [0.15, 0.2) is 12.2 Å². The van der Waals surface area contributed by atoms with Gasteiger partial charge in [0, 0.05) is 34.1 Å². The second kappa shape index (κ2) is 12.8. The maximum Gasteiger partial charge on any atom is 0.335 e. The van der Waals surface area contributed by atoms with Gasteiger partial charge in [0.05, 0.1) is 6.04 Å². The Hall–Kier alpha value is -3.47. The molecule has 0 unspecified atom stereocenters. The van der Waals surface area contributed by atoms with Gasteiger partial charge in [0.25, 0.3) is 0 Å². The maximum atomic E-state index is 12.7. The van der Waals surface area contributed by atoms with E-state index in [9.17, 15) is 24.0 Å². The highest BCUT2D eigenvalue weighted by atomic mass is 16.6. The van der Waals surface area contributed by atoms with Crippen molar-refractivity contribution in [1.82, 2.24) is 5.32 Å². The van der Waals surface area contributed by atoms with Gasteiger partial charge in [-0.2, -0.15) is 0 Å². The largest absolute Gasteiger partial charge is 0.460 e. The van der Waals surface area contributed by atoms with Crippen molar-refractivity contribution in [2.45, 2.75) is 84.2 Å². The summed E-state index contributed by atoms with van der Waals surface area (Å²) >= 11 is 0. The van der Waals surface area contributed by atoms with Crippen LogP contribution in [0, 0.1) is 0 Å². The van der Waals surface area contributed by atoms with Crippen molar-refractivity contribution in [2.75, 3.05) is 0 Å². The molecule has 1 aromatic carbocycles. The van der Waals surface area contributed by atoms with E-state index >= 15 is 0 Å². The quantitative estimate of drug-likeness (QED) is 0.394. The standard InChI is InChI=1S/C24H31NO10/c1-13(24(30)31-12-18-9-7-6-8-10-18)32-23-21(25-14(2)26)19(33-15(3)27)11-20(34-16(4)28)22(23)35-17(5)29/h6-10,13,19-23H,11-12H2,1-5H3,(H,25,26)/t13-,19+,20+,21+,22-,23-/m1/s1. The summed E-state index contributed by atoms with van der Waals surface area (Å²) in [7, 11) is 0. The minimum Gasteiger partial charge on any atom is -0.460 e. The van der Waals surface area contributed by atoms with Crippen molar-refractivity contribution in [3.63, 3.8) is 0 Å². The van der Waals surface area contributed by atoms with Gasteiger partial charge in [-0.15, -0.1) is 0 Å². The zero-order chi connectivity index (χ0) is 26.1. The number of nitrogens with one attached hydrogen (secondary N) is 1. The van der Waals surface area contributed by atoms with Crippen LogP contribution in [0.4, 0.5) is 0 Å². The zero-order valence-electron chi connectivity index (χ0n) is 20.3. The molecular weight excluding hydrogens is 462 g/mol. The van der Waals surface area contributed by atoms with E-state index in [0.717, 1.165) is 12.5 Å². The molecular formula is C24H31NO10. The first kappa shape index (κ1) is 27.8. The third-order valence-corrected chi connectivity index (χ3v) is 5.13. The third-order valence-electron chi connectivity index (χ3n) is 5.13. The summed E-state index contributed by atoms with van der Waals surface area (Å²) in [6, 6.07) is 8.00. The van der Waals surface area contributed by atoms with E-state index in [1.165, 1.54) is 27.7 Å². The number of carbonyl (C=O) groups excluding carboxylic acids is 5. The van der Waals surface area contributed by atoms with Crippen molar-refractivity contribution in [3.8, 4) is 0 Å². The van der Waals surface area contributed by atoms with Crippen LogP contribution in [0.5, 0.6) is 0 Å². The van der Waals surface area contributed by atoms with Gasteiger partial charge in [-0.05, 0) is 12.5 Å². The zero-order valence-corrected chi connectivity index (χ0v) is 20.3. The van der Waals surface area contributed by atoms with E-state index in [0.29, 0.717) is 0 Å². The molecule has 11 heteroatoms. The van der Waals surface area contributed by atoms with Gasteiger partial charge < -0.3 is 29.0 Å². The molecule has 192 valence electrons. The highest BCUT2D eigenvalue weighted by molar-refractivity contribution is 5.75.